The lowest BCUT2D eigenvalue weighted by molar-refractivity contribution is 0.662. The van der Waals surface area contributed by atoms with Crippen LogP contribution in [0.15, 0.2) is 180 Å². The number of hydrogen-bond donors (Lipinski definition) is 0. The first-order valence-electron chi connectivity index (χ1n) is 18.5. The SMILES string of the molecule is c1ccc(-c2ccc(-c3nc(-n4c5ccccc5c5c6sc7ccc(-c8ccccc8)cc7c6c6ccccc6c54)c4oc5ccccc5c4n3)cc2)cc1. The van der Waals surface area contributed by atoms with Gasteiger partial charge in [-0.05, 0) is 58.0 Å². The van der Waals surface area contributed by atoms with Crippen molar-refractivity contribution in [2.45, 2.75) is 0 Å². The van der Waals surface area contributed by atoms with E-state index in [1.165, 1.54) is 58.4 Å². The minimum Gasteiger partial charge on any atom is -0.450 e. The fraction of sp³-hybridized carbons (Fsp3) is 0. The molecule has 0 aliphatic carbocycles. The van der Waals surface area contributed by atoms with Crippen LogP contribution in [-0.4, -0.2) is 14.5 Å². The summed E-state index contributed by atoms with van der Waals surface area (Å²) in [5.74, 6) is 1.38. The van der Waals surface area contributed by atoms with Gasteiger partial charge in [0.15, 0.2) is 17.2 Å². The molecule has 4 aromatic heterocycles. The summed E-state index contributed by atoms with van der Waals surface area (Å²) in [7, 11) is 0. The maximum absolute atomic E-state index is 6.73. The van der Waals surface area contributed by atoms with Crippen LogP contribution in [0.25, 0.3) is 114 Å². The number of furan rings is 1. The van der Waals surface area contributed by atoms with Crippen LogP contribution < -0.4 is 0 Å². The summed E-state index contributed by atoms with van der Waals surface area (Å²) < 4.78 is 11.6. The molecular weight excluding hydrogens is 691 g/mol. The second kappa shape index (κ2) is 11.7. The molecule has 5 heteroatoms. The van der Waals surface area contributed by atoms with E-state index >= 15 is 0 Å². The predicted octanol–water partition coefficient (Wildman–Crippen LogP) is 14.0. The Morgan fingerprint density at radius 1 is 0.455 bits per heavy atom. The molecular formula is C50H29N3OS. The zero-order valence-corrected chi connectivity index (χ0v) is 30.2. The van der Waals surface area contributed by atoms with Gasteiger partial charge in [0.25, 0.3) is 0 Å². The smallest absolute Gasteiger partial charge is 0.197 e. The first-order valence-corrected chi connectivity index (χ1v) is 19.3. The zero-order chi connectivity index (χ0) is 36.0. The molecule has 0 saturated carbocycles. The molecule has 4 nitrogen and oxygen atoms in total. The van der Waals surface area contributed by atoms with Crippen molar-refractivity contribution in [2.24, 2.45) is 0 Å². The van der Waals surface area contributed by atoms with Gasteiger partial charge in [-0.1, -0.05) is 146 Å². The van der Waals surface area contributed by atoms with E-state index < -0.39 is 0 Å². The number of aromatic nitrogens is 3. The lowest BCUT2D eigenvalue weighted by atomic mass is 9.97. The molecule has 8 aromatic carbocycles. The monoisotopic (exact) mass is 719 g/mol. The van der Waals surface area contributed by atoms with E-state index in [1.807, 2.05) is 35.6 Å². The standard InChI is InChI=1S/C50H29N3OS/c1-3-13-30(14-4-1)32-23-25-33(26-24-32)49-51-45-38-20-10-12-22-41(38)54-47(45)50(52-49)53-40-21-11-9-19-37(40)44-46(53)36-18-8-7-17-35(36)43-39-29-34(31-15-5-2-6-16-31)27-28-42(39)55-48(43)44/h1-29H. The molecule has 55 heavy (non-hydrogen) atoms. The number of thiophene rings is 1. The first-order chi connectivity index (χ1) is 27.3. The zero-order valence-electron chi connectivity index (χ0n) is 29.4. The predicted molar refractivity (Wildman–Crippen MR) is 230 cm³/mol. The summed E-state index contributed by atoms with van der Waals surface area (Å²) in [4.78, 5) is 10.7. The Balaban J connectivity index is 1.20. The summed E-state index contributed by atoms with van der Waals surface area (Å²) in [6.07, 6.45) is 0. The number of fused-ring (bicyclic) bond motifs is 13. The Labute approximate surface area is 319 Å². The molecule has 4 heterocycles. The van der Waals surface area contributed by atoms with Gasteiger partial charge >= 0.3 is 0 Å². The molecule has 256 valence electrons. The van der Waals surface area contributed by atoms with Crippen molar-refractivity contribution < 1.29 is 4.42 Å². The van der Waals surface area contributed by atoms with Crippen molar-refractivity contribution in [1.29, 1.82) is 0 Å². The van der Waals surface area contributed by atoms with Crippen molar-refractivity contribution in [3.05, 3.63) is 176 Å². The van der Waals surface area contributed by atoms with Crippen molar-refractivity contribution in [1.82, 2.24) is 14.5 Å². The lowest BCUT2D eigenvalue weighted by Crippen LogP contribution is -2.02. The summed E-state index contributed by atoms with van der Waals surface area (Å²) in [5.41, 5.74) is 10.1. The maximum Gasteiger partial charge on any atom is 0.197 e. The molecule has 0 bridgehead atoms. The molecule has 12 rings (SSSR count). The summed E-state index contributed by atoms with van der Waals surface area (Å²) in [6.45, 7) is 0. The van der Waals surface area contributed by atoms with E-state index in [2.05, 4.69) is 156 Å². The highest BCUT2D eigenvalue weighted by molar-refractivity contribution is 7.27. The van der Waals surface area contributed by atoms with E-state index in [0.717, 1.165) is 44.5 Å². The highest BCUT2D eigenvalue weighted by Crippen LogP contribution is 2.49. The van der Waals surface area contributed by atoms with Gasteiger partial charge in [0.2, 0.25) is 0 Å². The normalized spacial score (nSPS) is 12.0. The first kappa shape index (κ1) is 30.4. The lowest BCUT2D eigenvalue weighted by Gasteiger charge is -2.12. The molecule has 0 aliphatic rings. The number of rotatable bonds is 4. The van der Waals surface area contributed by atoms with E-state index in [4.69, 9.17) is 14.4 Å². The molecule has 12 aromatic rings. The van der Waals surface area contributed by atoms with Gasteiger partial charge in [-0.2, -0.15) is 0 Å². The third-order valence-electron chi connectivity index (χ3n) is 11.0. The second-order valence-corrected chi connectivity index (χ2v) is 15.1. The summed E-state index contributed by atoms with van der Waals surface area (Å²) >= 11 is 1.87. The van der Waals surface area contributed by atoms with E-state index in [0.29, 0.717) is 11.4 Å². The largest absolute Gasteiger partial charge is 0.450 e. The number of benzene rings is 8. The van der Waals surface area contributed by atoms with Crippen LogP contribution in [0.5, 0.6) is 0 Å². The summed E-state index contributed by atoms with van der Waals surface area (Å²) in [5, 5.41) is 8.33. The third kappa shape index (κ3) is 4.51. The van der Waals surface area contributed by atoms with E-state index in [9.17, 15) is 0 Å². The molecule has 0 atom stereocenters. The average Bonchev–Trinajstić information content (AvgIpc) is 3.94. The third-order valence-corrected chi connectivity index (χ3v) is 12.2. The minimum absolute atomic E-state index is 0.653. The Morgan fingerprint density at radius 2 is 1.05 bits per heavy atom. The minimum atomic E-state index is 0.653. The molecule has 0 radical (unpaired) electrons. The van der Waals surface area contributed by atoms with Gasteiger partial charge in [-0.3, -0.25) is 4.57 Å². The van der Waals surface area contributed by atoms with E-state index in [-0.39, 0.29) is 0 Å². The van der Waals surface area contributed by atoms with Crippen molar-refractivity contribution in [2.75, 3.05) is 0 Å². The van der Waals surface area contributed by atoms with Crippen molar-refractivity contribution >= 4 is 86.2 Å². The molecule has 0 unspecified atom stereocenters. The van der Waals surface area contributed by atoms with Gasteiger partial charge in [-0.25, -0.2) is 9.97 Å². The van der Waals surface area contributed by atoms with Crippen LogP contribution in [0, 0.1) is 0 Å². The summed E-state index contributed by atoms with van der Waals surface area (Å²) in [6, 6.07) is 62.3. The number of hydrogen-bond acceptors (Lipinski definition) is 4. The molecule has 0 amide bonds. The van der Waals surface area contributed by atoms with Gasteiger partial charge in [0, 0.05) is 47.3 Å². The Kier molecular flexibility index (Phi) is 6.47. The van der Waals surface area contributed by atoms with Gasteiger partial charge in [-0.15, -0.1) is 11.3 Å². The quantitative estimate of drug-likeness (QED) is 0.182. The van der Waals surface area contributed by atoms with Crippen LogP contribution in [0.4, 0.5) is 0 Å². The second-order valence-electron chi connectivity index (χ2n) is 14.1. The van der Waals surface area contributed by atoms with Crippen LogP contribution >= 0.6 is 11.3 Å². The molecule has 0 aliphatic heterocycles. The van der Waals surface area contributed by atoms with Crippen LogP contribution in [0.1, 0.15) is 0 Å². The highest BCUT2D eigenvalue weighted by atomic mass is 32.1. The Hall–Kier alpha value is -7.08. The Bertz CT molecular complexity index is 3470. The van der Waals surface area contributed by atoms with Crippen LogP contribution in [0.3, 0.4) is 0 Å². The molecule has 0 saturated heterocycles. The van der Waals surface area contributed by atoms with Crippen LogP contribution in [0.2, 0.25) is 0 Å². The maximum atomic E-state index is 6.73. The molecule has 0 N–H and O–H groups in total. The molecule has 0 fully saturated rings. The van der Waals surface area contributed by atoms with Crippen molar-refractivity contribution in [3.63, 3.8) is 0 Å². The van der Waals surface area contributed by atoms with Gasteiger partial charge < -0.3 is 4.42 Å². The van der Waals surface area contributed by atoms with Crippen LogP contribution in [-0.2, 0) is 0 Å². The fourth-order valence-corrected chi connectivity index (χ4v) is 9.76. The average molecular weight is 720 g/mol. The fourth-order valence-electron chi connectivity index (χ4n) is 8.50. The van der Waals surface area contributed by atoms with Crippen molar-refractivity contribution in [3.8, 4) is 39.5 Å². The van der Waals surface area contributed by atoms with E-state index in [1.54, 1.807) is 0 Å². The van der Waals surface area contributed by atoms with Gasteiger partial charge in [0.1, 0.15) is 11.1 Å². The van der Waals surface area contributed by atoms with Gasteiger partial charge in [0.05, 0.1) is 11.0 Å². The highest BCUT2D eigenvalue weighted by Gasteiger charge is 2.26. The molecule has 0 spiro atoms. The number of para-hydroxylation sites is 2. The topological polar surface area (TPSA) is 43.9 Å². The number of nitrogens with zero attached hydrogens (tertiary/aromatic N) is 3. The Morgan fingerprint density at radius 3 is 1.84 bits per heavy atom.